The van der Waals surface area contributed by atoms with E-state index in [1.54, 1.807) is 13.8 Å². The molecule has 0 aromatic heterocycles. The fourth-order valence-corrected chi connectivity index (χ4v) is 1.77. The molecule has 0 unspecified atom stereocenters. The van der Waals surface area contributed by atoms with Gasteiger partial charge in [0.25, 0.3) is 5.91 Å². The zero-order valence-corrected chi connectivity index (χ0v) is 11.5. The van der Waals surface area contributed by atoms with Crippen molar-refractivity contribution in [1.82, 2.24) is 4.90 Å². The second-order valence-electron chi connectivity index (χ2n) is 5.05. The van der Waals surface area contributed by atoms with Crippen LogP contribution in [0.2, 0.25) is 0 Å². The van der Waals surface area contributed by atoms with Crippen LogP contribution in [0, 0.1) is 5.82 Å². The molecule has 0 radical (unpaired) electrons. The first-order chi connectivity index (χ1) is 8.65. The number of benzene rings is 1. The van der Waals surface area contributed by atoms with Crippen LogP contribution < -0.4 is 10.5 Å². The fourth-order valence-electron chi connectivity index (χ4n) is 1.77. The Labute approximate surface area is 111 Å². The Balaban J connectivity index is 3.06. The van der Waals surface area contributed by atoms with E-state index in [1.807, 2.05) is 0 Å². The summed E-state index contributed by atoms with van der Waals surface area (Å²) < 4.78 is 18.7. The van der Waals surface area contributed by atoms with Gasteiger partial charge in [0.15, 0.2) is 0 Å². The molecule has 0 aliphatic heterocycles. The number of nitrogens with two attached hydrogens (primary N) is 1. The molecule has 3 N–H and O–H groups in total. The lowest BCUT2D eigenvalue weighted by molar-refractivity contribution is 0.0365. The van der Waals surface area contributed by atoms with Crippen molar-refractivity contribution >= 4 is 11.6 Å². The smallest absolute Gasteiger partial charge is 0.256 e. The first-order valence-electron chi connectivity index (χ1n) is 5.76. The summed E-state index contributed by atoms with van der Waals surface area (Å²) in [5, 5.41) is 9.67. The summed E-state index contributed by atoms with van der Waals surface area (Å²) in [4.78, 5) is 13.3. The Morgan fingerprint density at radius 3 is 2.58 bits per heavy atom. The van der Waals surface area contributed by atoms with Gasteiger partial charge in [0.1, 0.15) is 11.6 Å². The van der Waals surface area contributed by atoms with Gasteiger partial charge in [0.05, 0.1) is 24.0 Å². The van der Waals surface area contributed by atoms with Crippen LogP contribution in [0.25, 0.3) is 0 Å². The molecule has 6 heteroatoms. The topological polar surface area (TPSA) is 75.8 Å². The molecule has 0 spiro atoms. The lowest BCUT2D eigenvalue weighted by Crippen LogP contribution is -2.40. The minimum atomic E-state index is -1.06. The molecule has 106 valence electrons. The molecule has 0 atom stereocenters. The number of hydrogen-bond donors (Lipinski definition) is 2. The number of amides is 1. The van der Waals surface area contributed by atoms with Gasteiger partial charge < -0.3 is 20.5 Å². The number of halogens is 1. The summed E-state index contributed by atoms with van der Waals surface area (Å²) in [5.41, 5.74) is 4.48. The van der Waals surface area contributed by atoms with E-state index in [-0.39, 0.29) is 23.5 Å². The predicted octanol–water partition coefficient (Wildman–Crippen LogP) is 1.26. The summed E-state index contributed by atoms with van der Waals surface area (Å²) in [5.74, 6) is -1.02. The van der Waals surface area contributed by atoms with Crippen molar-refractivity contribution in [2.45, 2.75) is 19.4 Å². The zero-order chi connectivity index (χ0) is 14.8. The van der Waals surface area contributed by atoms with Gasteiger partial charge in [-0.2, -0.15) is 0 Å². The van der Waals surface area contributed by atoms with Crippen molar-refractivity contribution in [2.75, 3.05) is 26.4 Å². The molecule has 0 heterocycles. The van der Waals surface area contributed by atoms with Gasteiger partial charge in [-0.05, 0) is 19.9 Å². The average Bonchev–Trinajstić information content (AvgIpc) is 2.26. The molecule has 0 saturated carbocycles. The van der Waals surface area contributed by atoms with Crippen molar-refractivity contribution in [2.24, 2.45) is 0 Å². The van der Waals surface area contributed by atoms with Crippen LogP contribution in [0.15, 0.2) is 12.1 Å². The van der Waals surface area contributed by atoms with E-state index in [4.69, 9.17) is 10.5 Å². The summed E-state index contributed by atoms with van der Waals surface area (Å²) in [6, 6.07) is 2.30. The molecule has 0 aliphatic rings. The van der Waals surface area contributed by atoms with Crippen molar-refractivity contribution < 1.29 is 19.0 Å². The number of carbonyl (C=O) groups excluding carboxylic acids is 1. The molecule has 1 aromatic rings. The Morgan fingerprint density at radius 1 is 1.53 bits per heavy atom. The highest BCUT2D eigenvalue weighted by molar-refractivity contribution is 5.95. The summed E-state index contributed by atoms with van der Waals surface area (Å²) in [6.07, 6.45) is 0. The third-order valence-electron chi connectivity index (χ3n) is 2.52. The molecule has 1 aromatic carbocycles. The summed E-state index contributed by atoms with van der Waals surface area (Å²) >= 11 is 0. The molecule has 1 rings (SSSR count). The van der Waals surface area contributed by atoms with Crippen LogP contribution in [-0.4, -0.2) is 42.2 Å². The third-order valence-corrected chi connectivity index (χ3v) is 2.52. The molecule has 0 bridgehead atoms. The Hall–Kier alpha value is -1.82. The Morgan fingerprint density at radius 2 is 2.11 bits per heavy atom. The van der Waals surface area contributed by atoms with Gasteiger partial charge in [0, 0.05) is 19.7 Å². The predicted molar refractivity (Wildman–Crippen MR) is 70.6 cm³/mol. The number of ether oxygens (including phenoxy) is 1. The molecule has 19 heavy (non-hydrogen) atoms. The monoisotopic (exact) mass is 270 g/mol. The van der Waals surface area contributed by atoms with Crippen LogP contribution in [0.3, 0.4) is 0 Å². The maximum absolute atomic E-state index is 13.8. The Kier molecular flexibility index (Phi) is 4.36. The highest BCUT2D eigenvalue weighted by Crippen LogP contribution is 2.25. The van der Waals surface area contributed by atoms with Crippen LogP contribution in [0.1, 0.15) is 24.2 Å². The number of methoxy groups -OCH3 is 1. The van der Waals surface area contributed by atoms with Gasteiger partial charge >= 0.3 is 0 Å². The van der Waals surface area contributed by atoms with E-state index in [0.717, 1.165) is 6.07 Å². The fraction of sp³-hybridized carbons (Fsp3) is 0.462. The molecule has 0 aliphatic carbocycles. The SMILES string of the molecule is COc1cc(C(=O)N(C)CC(C)(C)O)c(F)cc1N. The number of hydrogen-bond acceptors (Lipinski definition) is 4. The molecule has 0 saturated heterocycles. The van der Waals surface area contributed by atoms with Crippen LogP contribution in [-0.2, 0) is 0 Å². The normalized spacial score (nSPS) is 11.3. The lowest BCUT2D eigenvalue weighted by Gasteiger charge is -2.25. The Bertz CT molecular complexity index is 484. The van der Waals surface area contributed by atoms with Gasteiger partial charge in [-0.25, -0.2) is 4.39 Å². The largest absolute Gasteiger partial charge is 0.495 e. The van der Waals surface area contributed by atoms with Crippen molar-refractivity contribution in [3.8, 4) is 5.75 Å². The zero-order valence-electron chi connectivity index (χ0n) is 11.5. The highest BCUT2D eigenvalue weighted by Gasteiger charge is 2.23. The van der Waals surface area contributed by atoms with Crippen LogP contribution in [0.5, 0.6) is 5.75 Å². The number of carbonyl (C=O) groups is 1. The molecular weight excluding hydrogens is 251 g/mol. The maximum atomic E-state index is 13.8. The minimum Gasteiger partial charge on any atom is -0.495 e. The van der Waals surface area contributed by atoms with Gasteiger partial charge in [-0.3, -0.25) is 4.79 Å². The van der Waals surface area contributed by atoms with E-state index in [9.17, 15) is 14.3 Å². The number of nitrogen functional groups attached to an aromatic ring is 1. The molecular formula is C13H19FN2O3. The third kappa shape index (κ3) is 3.82. The minimum absolute atomic E-state index is 0.0813. The number of anilines is 1. The van der Waals surface area contributed by atoms with Gasteiger partial charge in [-0.1, -0.05) is 0 Å². The van der Waals surface area contributed by atoms with E-state index in [2.05, 4.69) is 0 Å². The second-order valence-corrected chi connectivity index (χ2v) is 5.05. The summed E-state index contributed by atoms with van der Waals surface area (Å²) in [7, 11) is 2.88. The first kappa shape index (κ1) is 15.2. The number of rotatable bonds is 4. The van der Waals surface area contributed by atoms with Crippen molar-refractivity contribution in [1.29, 1.82) is 0 Å². The quantitative estimate of drug-likeness (QED) is 0.808. The van der Waals surface area contributed by atoms with Crippen LogP contribution in [0.4, 0.5) is 10.1 Å². The maximum Gasteiger partial charge on any atom is 0.256 e. The number of aliphatic hydroxyl groups is 1. The summed E-state index contributed by atoms with van der Waals surface area (Å²) in [6.45, 7) is 3.21. The van der Waals surface area contributed by atoms with Gasteiger partial charge in [0.2, 0.25) is 0 Å². The molecule has 5 nitrogen and oxygen atoms in total. The average molecular weight is 270 g/mol. The van der Waals surface area contributed by atoms with E-state index in [0.29, 0.717) is 0 Å². The lowest BCUT2D eigenvalue weighted by atomic mass is 10.1. The number of nitrogens with zero attached hydrogens (tertiary/aromatic N) is 1. The second kappa shape index (κ2) is 5.44. The molecule has 0 fully saturated rings. The number of likely N-dealkylation sites (N-methyl/N-ethyl adjacent to an activating group) is 1. The van der Waals surface area contributed by atoms with E-state index >= 15 is 0 Å². The van der Waals surface area contributed by atoms with Crippen molar-refractivity contribution in [3.63, 3.8) is 0 Å². The van der Waals surface area contributed by atoms with E-state index < -0.39 is 17.3 Å². The highest BCUT2D eigenvalue weighted by atomic mass is 19.1. The van der Waals surface area contributed by atoms with Crippen LogP contribution >= 0.6 is 0 Å². The first-order valence-corrected chi connectivity index (χ1v) is 5.76. The molecule has 1 amide bonds. The van der Waals surface area contributed by atoms with Gasteiger partial charge in [-0.15, -0.1) is 0 Å². The van der Waals surface area contributed by atoms with Crippen molar-refractivity contribution in [3.05, 3.63) is 23.5 Å². The van der Waals surface area contributed by atoms with E-state index in [1.165, 1.54) is 25.1 Å². The standard InChI is InChI=1S/C13H19FN2O3/c1-13(2,18)7-16(3)12(17)8-5-11(19-4)10(15)6-9(8)14/h5-6,18H,7,15H2,1-4H3.